The van der Waals surface area contributed by atoms with Crippen LogP contribution in [-0.4, -0.2) is 66.8 Å². The monoisotopic (exact) mass is 328 g/mol. The number of carboxylic acids is 2. The van der Waals surface area contributed by atoms with Gasteiger partial charge < -0.3 is 20.0 Å². The van der Waals surface area contributed by atoms with Crippen molar-refractivity contribution in [1.82, 2.24) is 9.80 Å². The zero-order chi connectivity index (χ0) is 14.3. The molecular weight excluding hydrogens is 316 g/mol. The fourth-order valence-electron chi connectivity index (χ4n) is 1.05. The van der Waals surface area contributed by atoms with Crippen molar-refractivity contribution in [2.75, 3.05) is 26.2 Å². The molecule has 0 aromatic rings. The Morgan fingerprint density at radius 1 is 0.889 bits per heavy atom. The Kier molecular flexibility index (Phi) is 8.24. The lowest BCUT2D eigenvalue weighted by atomic mass is 10.4. The molecule has 0 aliphatic heterocycles. The van der Waals surface area contributed by atoms with Crippen LogP contribution in [0.25, 0.3) is 0 Å². The lowest BCUT2D eigenvalue weighted by Gasteiger charge is -2.26. The van der Waals surface area contributed by atoms with Crippen LogP contribution in [0, 0.1) is 0 Å². The van der Waals surface area contributed by atoms with E-state index in [2.05, 4.69) is 25.3 Å². The second kappa shape index (κ2) is 8.51. The van der Waals surface area contributed by atoms with Gasteiger partial charge in [0.25, 0.3) is 0 Å². The van der Waals surface area contributed by atoms with Gasteiger partial charge in [-0.15, -0.1) is 25.3 Å². The van der Waals surface area contributed by atoms with E-state index in [-0.39, 0.29) is 34.8 Å². The van der Waals surface area contributed by atoms with Crippen LogP contribution in [0.3, 0.4) is 0 Å². The lowest BCUT2D eigenvalue weighted by molar-refractivity contribution is -0.138. The lowest BCUT2D eigenvalue weighted by Crippen LogP contribution is -2.41. The minimum atomic E-state index is -1.05. The van der Waals surface area contributed by atoms with Gasteiger partial charge in [0.2, 0.25) is 0 Å². The van der Waals surface area contributed by atoms with Gasteiger partial charge in [-0.05, 0) is 0 Å². The SMILES string of the molecule is O=C(O)CN(CCN(CC(=O)O)C(=S)S)C(=S)S. The average molecular weight is 328 g/mol. The smallest absolute Gasteiger partial charge is 0.323 e. The summed E-state index contributed by atoms with van der Waals surface area (Å²) in [5.41, 5.74) is 0. The highest BCUT2D eigenvalue weighted by atomic mass is 32.1. The molecule has 0 bridgehead atoms. The number of carbonyl (C=O) groups is 2. The zero-order valence-electron chi connectivity index (χ0n) is 9.14. The summed E-state index contributed by atoms with van der Waals surface area (Å²) in [6, 6.07) is 0. The fourth-order valence-corrected chi connectivity index (χ4v) is 1.71. The summed E-state index contributed by atoms with van der Waals surface area (Å²) in [5, 5.41) is 17.3. The quantitative estimate of drug-likeness (QED) is 0.390. The summed E-state index contributed by atoms with van der Waals surface area (Å²) in [5.74, 6) is -2.10. The molecule has 0 aliphatic rings. The van der Waals surface area contributed by atoms with Gasteiger partial charge in [0.15, 0.2) is 0 Å². The van der Waals surface area contributed by atoms with E-state index in [1.807, 2.05) is 0 Å². The van der Waals surface area contributed by atoms with E-state index in [0.717, 1.165) is 0 Å². The Bertz CT molecular complexity index is 329. The van der Waals surface area contributed by atoms with Gasteiger partial charge in [-0.3, -0.25) is 9.59 Å². The maximum atomic E-state index is 10.6. The third-order valence-corrected chi connectivity index (χ3v) is 2.92. The number of rotatable bonds is 7. The summed E-state index contributed by atoms with van der Waals surface area (Å²) < 4.78 is 0.246. The van der Waals surface area contributed by atoms with Crippen LogP contribution < -0.4 is 0 Å². The third kappa shape index (κ3) is 7.69. The molecule has 18 heavy (non-hydrogen) atoms. The standard InChI is InChI=1S/C8H12N2O4S4/c11-5(12)3-9(7(15)16)1-2-10(8(17)18)4-6(13)14/h1-4H2,(H,11,12)(H,13,14)(H,15,16)(H,17,18). The number of thiocarbonyl (C=S) groups is 2. The van der Waals surface area contributed by atoms with Gasteiger partial charge in [-0.2, -0.15) is 0 Å². The normalized spacial score (nSPS) is 9.67. The summed E-state index contributed by atoms with van der Waals surface area (Å²) >= 11 is 17.4. The summed E-state index contributed by atoms with van der Waals surface area (Å²) in [6.07, 6.45) is 0. The van der Waals surface area contributed by atoms with Crippen LogP contribution in [0.1, 0.15) is 0 Å². The van der Waals surface area contributed by atoms with Crippen molar-refractivity contribution in [3.8, 4) is 0 Å². The highest BCUT2D eigenvalue weighted by molar-refractivity contribution is 8.11. The highest BCUT2D eigenvalue weighted by Crippen LogP contribution is 2.01. The Morgan fingerprint density at radius 2 is 1.17 bits per heavy atom. The topological polar surface area (TPSA) is 81.1 Å². The van der Waals surface area contributed by atoms with Crippen molar-refractivity contribution >= 4 is 70.3 Å². The minimum absolute atomic E-state index is 0.123. The first-order valence-corrected chi connectivity index (χ1v) is 6.34. The molecule has 0 aromatic carbocycles. The van der Waals surface area contributed by atoms with Gasteiger partial charge in [-0.1, -0.05) is 24.4 Å². The van der Waals surface area contributed by atoms with Gasteiger partial charge in [0.1, 0.15) is 21.7 Å². The minimum Gasteiger partial charge on any atom is -0.480 e. The molecule has 6 nitrogen and oxygen atoms in total. The first-order valence-electron chi connectivity index (χ1n) is 4.63. The molecule has 0 rings (SSSR count). The maximum absolute atomic E-state index is 10.6. The molecular formula is C8H12N2O4S4. The van der Waals surface area contributed by atoms with Crippen LogP contribution in [-0.2, 0) is 9.59 Å². The molecule has 2 N–H and O–H groups in total. The van der Waals surface area contributed by atoms with Gasteiger partial charge in [0, 0.05) is 13.1 Å². The molecule has 0 aliphatic carbocycles. The Labute approximate surface area is 126 Å². The van der Waals surface area contributed by atoms with E-state index >= 15 is 0 Å². The van der Waals surface area contributed by atoms with Crippen LogP contribution in [0.2, 0.25) is 0 Å². The first kappa shape index (κ1) is 17.4. The van der Waals surface area contributed by atoms with E-state index < -0.39 is 11.9 Å². The number of thiol groups is 2. The number of hydrogen-bond donors (Lipinski definition) is 4. The van der Waals surface area contributed by atoms with Crippen LogP contribution >= 0.6 is 49.7 Å². The average Bonchev–Trinajstić information content (AvgIpc) is 2.20. The first-order chi connectivity index (χ1) is 8.23. The number of aliphatic carboxylic acids is 2. The van der Waals surface area contributed by atoms with Crippen molar-refractivity contribution in [2.24, 2.45) is 0 Å². The largest absolute Gasteiger partial charge is 0.480 e. The molecule has 0 saturated heterocycles. The Hall–Kier alpha value is -0.580. The predicted octanol–water partition coefficient (Wildman–Crippen LogP) is 0.189. The molecule has 0 radical (unpaired) electrons. The molecule has 102 valence electrons. The maximum Gasteiger partial charge on any atom is 0.323 e. The molecule has 0 saturated carbocycles. The molecule has 10 heteroatoms. The van der Waals surface area contributed by atoms with Crippen molar-refractivity contribution in [1.29, 1.82) is 0 Å². The fraction of sp³-hybridized carbons (Fsp3) is 0.500. The molecule has 0 amide bonds. The van der Waals surface area contributed by atoms with Crippen molar-refractivity contribution in [3.63, 3.8) is 0 Å². The van der Waals surface area contributed by atoms with E-state index in [4.69, 9.17) is 34.6 Å². The van der Waals surface area contributed by atoms with Crippen molar-refractivity contribution in [2.45, 2.75) is 0 Å². The summed E-state index contributed by atoms with van der Waals surface area (Å²) in [6.45, 7) is -0.212. The highest BCUT2D eigenvalue weighted by Gasteiger charge is 2.15. The zero-order valence-corrected chi connectivity index (χ0v) is 12.6. The molecule has 0 fully saturated rings. The molecule has 0 atom stereocenters. The second-order valence-corrected chi connectivity index (χ2v) is 5.42. The number of carboxylic acid groups (broad SMARTS) is 2. The van der Waals surface area contributed by atoms with Crippen LogP contribution in [0.5, 0.6) is 0 Å². The number of nitrogens with zero attached hydrogens (tertiary/aromatic N) is 2. The molecule has 0 unspecified atom stereocenters. The van der Waals surface area contributed by atoms with Crippen molar-refractivity contribution < 1.29 is 19.8 Å². The summed E-state index contributed by atoms with van der Waals surface area (Å²) in [7, 11) is 0. The Morgan fingerprint density at radius 3 is 1.33 bits per heavy atom. The predicted molar refractivity (Wildman–Crippen MR) is 81.6 cm³/mol. The molecule has 0 aromatic heterocycles. The van der Waals surface area contributed by atoms with E-state index in [1.165, 1.54) is 9.80 Å². The van der Waals surface area contributed by atoms with Crippen LogP contribution in [0.4, 0.5) is 0 Å². The Balaban J connectivity index is 4.45. The third-order valence-electron chi connectivity index (χ3n) is 1.83. The number of hydrogen-bond acceptors (Lipinski definition) is 4. The van der Waals surface area contributed by atoms with Crippen LogP contribution in [0.15, 0.2) is 0 Å². The van der Waals surface area contributed by atoms with E-state index in [1.54, 1.807) is 0 Å². The van der Waals surface area contributed by atoms with Crippen molar-refractivity contribution in [3.05, 3.63) is 0 Å². The second-order valence-electron chi connectivity index (χ2n) is 3.20. The molecule has 0 spiro atoms. The van der Waals surface area contributed by atoms with Gasteiger partial charge in [-0.25, -0.2) is 0 Å². The summed E-state index contributed by atoms with van der Waals surface area (Å²) in [4.78, 5) is 23.8. The van der Waals surface area contributed by atoms with Gasteiger partial charge >= 0.3 is 11.9 Å². The molecule has 0 heterocycles. The van der Waals surface area contributed by atoms with E-state index in [9.17, 15) is 9.59 Å². The van der Waals surface area contributed by atoms with Gasteiger partial charge in [0.05, 0.1) is 0 Å². The van der Waals surface area contributed by atoms with E-state index in [0.29, 0.717) is 0 Å².